The Kier molecular flexibility index (Phi) is 7.05. The van der Waals surface area contributed by atoms with Crippen molar-refractivity contribution in [3.63, 3.8) is 0 Å². The molecule has 2 aliphatic rings. The van der Waals surface area contributed by atoms with Crippen LogP contribution in [0, 0.1) is 5.92 Å². The van der Waals surface area contributed by atoms with E-state index in [-0.39, 0.29) is 17.2 Å². The van der Waals surface area contributed by atoms with Gasteiger partial charge >= 0.3 is 0 Å². The number of halogens is 2. The van der Waals surface area contributed by atoms with Crippen molar-refractivity contribution >= 4 is 40.7 Å². The fourth-order valence-electron chi connectivity index (χ4n) is 5.79. The molecule has 1 aliphatic carbocycles. The zero-order valence-electron chi connectivity index (χ0n) is 21.3. The lowest BCUT2D eigenvalue weighted by atomic mass is 9.55. The Balaban J connectivity index is 1.78. The van der Waals surface area contributed by atoms with Gasteiger partial charge in [0, 0.05) is 16.5 Å². The quantitative estimate of drug-likeness (QED) is 0.329. The van der Waals surface area contributed by atoms with Crippen LogP contribution in [0.15, 0.2) is 85.0 Å². The van der Waals surface area contributed by atoms with Gasteiger partial charge in [0.1, 0.15) is 17.2 Å². The number of allylic oxidation sites excluding steroid dienone is 3. The van der Waals surface area contributed by atoms with Gasteiger partial charge in [0.05, 0.1) is 36.3 Å². The summed E-state index contributed by atoms with van der Waals surface area (Å²) in [4.78, 5) is 28.8. The van der Waals surface area contributed by atoms with E-state index in [4.69, 9.17) is 32.7 Å². The second kappa shape index (κ2) is 10.3. The summed E-state index contributed by atoms with van der Waals surface area (Å²) in [6, 6.07) is 16.7. The monoisotopic (exact) mass is 564 g/mol. The van der Waals surface area contributed by atoms with Crippen LogP contribution in [0.5, 0.6) is 17.2 Å². The third kappa shape index (κ3) is 4.13. The van der Waals surface area contributed by atoms with Crippen molar-refractivity contribution in [1.82, 2.24) is 5.01 Å². The highest BCUT2D eigenvalue weighted by Gasteiger charge is 2.66. The molecule has 3 aromatic carbocycles. The second-order valence-corrected chi connectivity index (χ2v) is 10.2. The molecular weight excluding hydrogens is 539 g/mol. The predicted octanol–water partition coefficient (Wildman–Crippen LogP) is 6.27. The lowest BCUT2D eigenvalue weighted by Crippen LogP contribution is -2.48. The minimum atomic E-state index is -1.46. The van der Waals surface area contributed by atoms with E-state index >= 15 is 0 Å². The first-order chi connectivity index (χ1) is 18.8. The number of benzene rings is 3. The van der Waals surface area contributed by atoms with Crippen molar-refractivity contribution in [1.29, 1.82) is 0 Å². The number of imide groups is 1. The number of aromatic hydroxyl groups is 1. The molecule has 5 rings (SSSR count). The number of carbonyl (C=O) groups excluding carboxylic acids is 2. The Bertz CT molecular complexity index is 1500. The number of carbonyl (C=O) groups is 2. The maximum absolute atomic E-state index is 14.7. The summed E-state index contributed by atoms with van der Waals surface area (Å²) in [6.45, 7) is 4.00. The average Bonchev–Trinajstić information content (AvgIpc) is 3.16. The number of anilines is 1. The lowest BCUT2D eigenvalue weighted by molar-refractivity contribution is -0.138. The maximum Gasteiger partial charge on any atom is 0.260 e. The third-order valence-electron chi connectivity index (χ3n) is 7.52. The van der Waals surface area contributed by atoms with Crippen LogP contribution in [0.4, 0.5) is 5.69 Å². The summed E-state index contributed by atoms with van der Waals surface area (Å²) in [7, 11) is 3.05. The van der Waals surface area contributed by atoms with E-state index in [1.165, 1.54) is 19.2 Å². The zero-order chi connectivity index (χ0) is 27.9. The topological polar surface area (TPSA) is 88.1 Å². The van der Waals surface area contributed by atoms with Gasteiger partial charge < -0.3 is 14.6 Å². The van der Waals surface area contributed by atoms with Crippen molar-refractivity contribution in [3.8, 4) is 17.2 Å². The summed E-state index contributed by atoms with van der Waals surface area (Å²) < 4.78 is 11.0. The Morgan fingerprint density at radius 3 is 2.46 bits per heavy atom. The number of phenolic OH excluding ortho intramolecular Hbond substituents is 1. The molecule has 0 spiro atoms. The highest BCUT2D eigenvalue weighted by Crippen LogP contribution is 2.60. The number of phenols is 1. The molecule has 1 heterocycles. The fraction of sp³-hybridized carbons (Fsp3) is 0.200. The van der Waals surface area contributed by atoms with Gasteiger partial charge in [-0.3, -0.25) is 15.0 Å². The van der Waals surface area contributed by atoms with E-state index in [9.17, 15) is 14.7 Å². The first kappa shape index (κ1) is 26.7. The molecule has 0 aromatic heterocycles. The third-order valence-corrected chi connectivity index (χ3v) is 8.07. The summed E-state index contributed by atoms with van der Waals surface area (Å²) in [5.41, 5.74) is 3.48. The molecule has 0 bridgehead atoms. The molecule has 2 N–H and O–H groups in total. The first-order valence-corrected chi connectivity index (χ1v) is 13.0. The summed E-state index contributed by atoms with van der Waals surface area (Å²) in [6.07, 6.45) is 3.82. The Morgan fingerprint density at radius 2 is 1.82 bits per heavy atom. The SMILES string of the molecule is C=CC1=CCC2C(=O)N(Nc3ccc(Cl)cc3Cl)C(=O)C2(c2ccc(OC)cc2)C1c1c(O)cccc1OC. The van der Waals surface area contributed by atoms with Gasteiger partial charge in [0.15, 0.2) is 0 Å². The second-order valence-electron chi connectivity index (χ2n) is 9.33. The number of nitrogens with one attached hydrogen (secondary N) is 1. The van der Waals surface area contributed by atoms with Crippen LogP contribution in [-0.2, 0) is 15.0 Å². The van der Waals surface area contributed by atoms with Gasteiger partial charge in [-0.1, -0.05) is 60.1 Å². The molecule has 1 fully saturated rings. The number of rotatable bonds is 7. The number of hydrazine groups is 1. The molecule has 7 nitrogen and oxygen atoms in total. The summed E-state index contributed by atoms with van der Waals surface area (Å²) in [5, 5.41) is 12.8. The molecule has 9 heteroatoms. The molecule has 3 unspecified atom stereocenters. The predicted molar refractivity (Wildman–Crippen MR) is 150 cm³/mol. The van der Waals surface area contributed by atoms with Gasteiger partial charge in [0.2, 0.25) is 0 Å². The highest BCUT2D eigenvalue weighted by atomic mass is 35.5. The molecule has 1 saturated heterocycles. The Labute approximate surface area is 236 Å². The number of nitrogens with zero attached hydrogens (tertiary/aromatic N) is 1. The zero-order valence-corrected chi connectivity index (χ0v) is 22.8. The van der Waals surface area contributed by atoms with E-state index in [2.05, 4.69) is 12.0 Å². The van der Waals surface area contributed by atoms with Crippen molar-refractivity contribution in [2.24, 2.45) is 5.92 Å². The normalized spacial score (nSPS) is 22.3. The molecule has 3 aromatic rings. The molecule has 2 amide bonds. The van der Waals surface area contributed by atoms with Crippen molar-refractivity contribution < 1.29 is 24.2 Å². The molecule has 1 aliphatic heterocycles. The van der Waals surface area contributed by atoms with E-state index in [1.54, 1.807) is 61.7 Å². The van der Waals surface area contributed by atoms with Crippen molar-refractivity contribution in [3.05, 3.63) is 106 Å². The lowest BCUT2D eigenvalue weighted by Gasteiger charge is -2.43. The van der Waals surface area contributed by atoms with Crippen LogP contribution in [0.3, 0.4) is 0 Å². The van der Waals surface area contributed by atoms with E-state index in [0.29, 0.717) is 38.9 Å². The highest BCUT2D eigenvalue weighted by molar-refractivity contribution is 6.36. The van der Waals surface area contributed by atoms with Crippen molar-refractivity contribution in [2.45, 2.75) is 17.8 Å². The Hall–Kier alpha value is -3.94. The summed E-state index contributed by atoms with van der Waals surface area (Å²) >= 11 is 12.4. The standard InChI is InChI=1S/C30H26Cl2N2O5/c1-4-17-8-14-21-28(36)34(33-23-15-11-19(31)16-22(23)32)29(37)30(21,18-9-12-20(38-2)13-10-18)27(17)26-24(35)6-5-7-25(26)39-3/h4-13,15-16,21,27,33,35H,1,14H2,2-3H3. The molecule has 0 saturated carbocycles. The summed E-state index contributed by atoms with van der Waals surface area (Å²) in [5.74, 6) is -1.63. The van der Waals surface area contributed by atoms with Crippen molar-refractivity contribution in [2.75, 3.05) is 19.6 Å². The van der Waals surface area contributed by atoms with Gasteiger partial charge in [-0.25, -0.2) is 0 Å². The molecule has 3 atom stereocenters. The average molecular weight is 565 g/mol. The van der Waals surface area contributed by atoms with Gasteiger partial charge in [-0.05, 0) is 60.0 Å². The van der Waals surface area contributed by atoms with Crippen LogP contribution in [-0.4, -0.2) is 36.1 Å². The van der Waals surface area contributed by atoms with Gasteiger partial charge in [0.25, 0.3) is 11.8 Å². The number of hydrogen-bond acceptors (Lipinski definition) is 6. The van der Waals surface area contributed by atoms with Crippen LogP contribution in [0.25, 0.3) is 0 Å². The van der Waals surface area contributed by atoms with E-state index in [0.717, 1.165) is 5.01 Å². The molecular formula is C30H26Cl2N2O5. The molecule has 200 valence electrons. The largest absolute Gasteiger partial charge is 0.508 e. The van der Waals surface area contributed by atoms with E-state index < -0.39 is 29.1 Å². The number of fused-ring (bicyclic) bond motifs is 1. The van der Waals surface area contributed by atoms with E-state index in [1.807, 2.05) is 6.08 Å². The minimum Gasteiger partial charge on any atom is -0.508 e. The first-order valence-electron chi connectivity index (χ1n) is 12.2. The smallest absolute Gasteiger partial charge is 0.260 e. The maximum atomic E-state index is 14.7. The molecule has 39 heavy (non-hydrogen) atoms. The van der Waals surface area contributed by atoms with Crippen LogP contribution in [0.1, 0.15) is 23.5 Å². The Morgan fingerprint density at radius 1 is 1.08 bits per heavy atom. The van der Waals surface area contributed by atoms with Gasteiger partial charge in [-0.2, -0.15) is 5.01 Å². The molecule has 0 radical (unpaired) electrons. The van der Waals surface area contributed by atoms with Crippen LogP contribution < -0.4 is 14.9 Å². The number of ether oxygens (including phenoxy) is 2. The number of hydrogen-bond donors (Lipinski definition) is 2. The van der Waals surface area contributed by atoms with Gasteiger partial charge in [-0.15, -0.1) is 0 Å². The number of methoxy groups -OCH3 is 2. The van der Waals surface area contributed by atoms with Crippen LogP contribution in [0.2, 0.25) is 10.0 Å². The fourth-order valence-corrected chi connectivity index (χ4v) is 6.24. The van der Waals surface area contributed by atoms with Crippen LogP contribution >= 0.6 is 23.2 Å². The number of amides is 2. The minimum absolute atomic E-state index is 0.0620.